The Kier molecular flexibility index (Phi) is 2.33. The van der Waals surface area contributed by atoms with Crippen molar-refractivity contribution in [1.82, 2.24) is 4.98 Å². The van der Waals surface area contributed by atoms with Crippen molar-refractivity contribution in [3.8, 4) is 0 Å². The molecule has 0 aliphatic heterocycles. The molecule has 46 valence electrons. The molecule has 2 heteroatoms. The monoisotopic (exact) mass is 137 g/mol. The van der Waals surface area contributed by atoms with Crippen molar-refractivity contribution in [3.63, 3.8) is 0 Å². The van der Waals surface area contributed by atoms with Crippen LogP contribution in [0.3, 0.4) is 0 Å². The van der Waals surface area contributed by atoms with Crippen LogP contribution >= 0.6 is 11.8 Å². The van der Waals surface area contributed by atoms with Crippen LogP contribution in [-0.2, 0) is 0 Å². The van der Waals surface area contributed by atoms with Crippen molar-refractivity contribution >= 4 is 11.8 Å². The average molecular weight is 137 g/mol. The smallest absolute Gasteiger partial charge is 0.100 e. The van der Waals surface area contributed by atoms with E-state index in [1.165, 1.54) is 11.8 Å². The lowest BCUT2D eigenvalue weighted by molar-refractivity contribution is 1.14. The minimum absolute atomic E-state index is 0.993. The van der Waals surface area contributed by atoms with Crippen molar-refractivity contribution in [2.75, 3.05) is 0 Å². The zero-order chi connectivity index (χ0) is 6.53. The summed E-state index contributed by atoms with van der Waals surface area (Å²) in [6.45, 7) is 3.58. The molecular formula is C7H7NS. The Bertz CT molecular complexity index is 183. The third-order valence-corrected chi connectivity index (χ3v) is 1.49. The van der Waals surface area contributed by atoms with E-state index in [-0.39, 0.29) is 0 Å². The molecule has 9 heavy (non-hydrogen) atoms. The highest BCUT2D eigenvalue weighted by molar-refractivity contribution is 8.02. The number of thioether (sulfide) groups is 1. The Morgan fingerprint density at radius 2 is 2.44 bits per heavy atom. The lowest BCUT2D eigenvalue weighted by atomic mass is 10.5. The van der Waals surface area contributed by atoms with E-state index >= 15 is 0 Å². The van der Waals surface area contributed by atoms with Crippen molar-refractivity contribution in [2.24, 2.45) is 0 Å². The summed E-state index contributed by atoms with van der Waals surface area (Å²) in [5, 5.41) is 2.76. The highest BCUT2D eigenvalue weighted by Gasteiger charge is 1.84. The fourth-order valence-corrected chi connectivity index (χ4v) is 0.952. The summed E-state index contributed by atoms with van der Waals surface area (Å²) in [5.74, 6) is 0. The molecule has 0 aromatic carbocycles. The zero-order valence-electron chi connectivity index (χ0n) is 4.95. The van der Waals surface area contributed by atoms with Crippen LogP contribution in [0.1, 0.15) is 0 Å². The van der Waals surface area contributed by atoms with Gasteiger partial charge in [0.05, 0.1) is 0 Å². The summed E-state index contributed by atoms with van der Waals surface area (Å²) in [5.41, 5.74) is 0. The van der Waals surface area contributed by atoms with Crippen LogP contribution in [0.2, 0.25) is 0 Å². The molecule has 0 radical (unpaired) electrons. The van der Waals surface area contributed by atoms with E-state index in [0.717, 1.165) is 5.03 Å². The molecule has 1 heterocycles. The molecule has 0 aliphatic rings. The number of aromatic nitrogens is 1. The molecule has 0 saturated carbocycles. The molecule has 1 aromatic heterocycles. The fourth-order valence-electron chi connectivity index (χ4n) is 0.502. The van der Waals surface area contributed by atoms with Gasteiger partial charge in [0.2, 0.25) is 0 Å². The molecule has 0 atom stereocenters. The Morgan fingerprint density at radius 3 is 3.00 bits per heavy atom. The molecule has 1 rings (SSSR count). The van der Waals surface area contributed by atoms with Crippen LogP contribution in [-0.4, -0.2) is 4.98 Å². The molecule has 1 nitrogen and oxygen atoms in total. The van der Waals surface area contributed by atoms with Gasteiger partial charge in [-0.05, 0) is 17.5 Å². The second-order valence-corrected chi connectivity index (χ2v) is 2.44. The van der Waals surface area contributed by atoms with Crippen molar-refractivity contribution in [1.29, 1.82) is 0 Å². The van der Waals surface area contributed by atoms with Gasteiger partial charge >= 0.3 is 0 Å². The summed E-state index contributed by atoms with van der Waals surface area (Å²) >= 11 is 1.53. The quantitative estimate of drug-likeness (QED) is 0.580. The lowest BCUT2D eigenvalue weighted by Gasteiger charge is -1.89. The summed E-state index contributed by atoms with van der Waals surface area (Å²) in [4.78, 5) is 4.06. The zero-order valence-corrected chi connectivity index (χ0v) is 5.77. The molecule has 0 spiro atoms. The molecule has 1 aromatic rings. The van der Waals surface area contributed by atoms with Gasteiger partial charge in [-0.15, -0.1) is 0 Å². The van der Waals surface area contributed by atoms with Crippen LogP contribution in [0.25, 0.3) is 0 Å². The van der Waals surface area contributed by atoms with E-state index in [0.29, 0.717) is 0 Å². The predicted octanol–water partition coefficient (Wildman–Crippen LogP) is 2.32. The first-order valence-electron chi connectivity index (χ1n) is 2.62. The van der Waals surface area contributed by atoms with Gasteiger partial charge in [0, 0.05) is 6.20 Å². The average Bonchev–Trinajstić information content (AvgIpc) is 1.91. The SMILES string of the molecule is C=CSc1ccccn1. The molecule has 0 fully saturated rings. The van der Waals surface area contributed by atoms with Crippen molar-refractivity contribution in [2.45, 2.75) is 5.03 Å². The Labute approximate surface area is 58.8 Å². The van der Waals surface area contributed by atoms with Gasteiger partial charge < -0.3 is 0 Å². The van der Waals surface area contributed by atoms with Crippen LogP contribution < -0.4 is 0 Å². The number of nitrogens with zero attached hydrogens (tertiary/aromatic N) is 1. The maximum atomic E-state index is 4.06. The fraction of sp³-hybridized carbons (Fsp3) is 0. The van der Waals surface area contributed by atoms with Crippen LogP contribution in [0.5, 0.6) is 0 Å². The number of pyridine rings is 1. The molecular weight excluding hydrogens is 130 g/mol. The minimum Gasteiger partial charge on any atom is -0.250 e. The van der Waals surface area contributed by atoms with Crippen LogP contribution in [0.15, 0.2) is 41.4 Å². The molecule has 0 aliphatic carbocycles. The Morgan fingerprint density at radius 1 is 1.56 bits per heavy atom. The molecule has 0 bridgehead atoms. The second-order valence-electron chi connectivity index (χ2n) is 1.45. The Balaban J connectivity index is 2.72. The lowest BCUT2D eigenvalue weighted by Crippen LogP contribution is -1.71. The van der Waals surface area contributed by atoms with E-state index < -0.39 is 0 Å². The molecule has 0 amide bonds. The first-order chi connectivity index (χ1) is 4.43. The van der Waals surface area contributed by atoms with Crippen LogP contribution in [0.4, 0.5) is 0 Å². The van der Waals surface area contributed by atoms with E-state index in [9.17, 15) is 0 Å². The standard InChI is InChI=1S/C7H7NS/c1-2-9-7-5-3-4-6-8-7/h2-6H,1H2. The normalized spacial score (nSPS) is 8.89. The van der Waals surface area contributed by atoms with Gasteiger partial charge in [0.15, 0.2) is 0 Å². The Hall–Kier alpha value is -0.760. The largest absolute Gasteiger partial charge is 0.250 e. The van der Waals surface area contributed by atoms with E-state index in [1.54, 1.807) is 11.6 Å². The highest BCUT2D eigenvalue weighted by atomic mass is 32.2. The maximum absolute atomic E-state index is 4.06. The summed E-state index contributed by atoms with van der Waals surface area (Å²) in [6, 6.07) is 5.80. The summed E-state index contributed by atoms with van der Waals surface area (Å²) < 4.78 is 0. The van der Waals surface area contributed by atoms with Crippen LogP contribution in [0, 0.1) is 0 Å². The minimum atomic E-state index is 0.993. The topological polar surface area (TPSA) is 12.9 Å². The molecule has 0 unspecified atom stereocenters. The van der Waals surface area contributed by atoms with Gasteiger partial charge in [-0.1, -0.05) is 24.4 Å². The number of hydrogen-bond donors (Lipinski definition) is 0. The highest BCUT2D eigenvalue weighted by Crippen LogP contribution is 2.12. The molecule has 0 saturated heterocycles. The van der Waals surface area contributed by atoms with Gasteiger partial charge in [-0.2, -0.15) is 0 Å². The first kappa shape index (κ1) is 6.36. The summed E-state index contributed by atoms with van der Waals surface area (Å²) in [6.07, 6.45) is 1.77. The summed E-state index contributed by atoms with van der Waals surface area (Å²) in [7, 11) is 0. The maximum Gasteiger partial charge on any atom is 0.100 e. The van der Waals surface area contributed by atoms with Gasteiger partial charge in [-0.3, -0.25) is 0 Å². The first-order valence-corrected chi connectivity index (χ1v) is 3.50. The van der Waals surface area contributed by atoms with E-state index in [4.69, 9.17) is 0 Å². The van der Waals surface area contributed by atoms with E-state index in [2.05, 4.69) is 11.6 Å². The third-order valence-electron chi connectivity index (χ3n) is 0.842. The van der Waals surface area contributed by atoms with Gasteiger partial charge in [0.1, 0.15) is 5.03 Å². The molecule has 0 N–H and O–H groups in total. The predicted molar refractivity (Wildman–Crippen MR) is 40.3 cm³/mol. The van der Waals surface area contributed by atoms with Crippen molar-refractivity contribution in [3.05, 3.63) is 36.4 Å². The van der Waals surface area contributed by atoms with Gasteiger partial charge in [0.25, 0.3) is 0 Å². The van der Waals surface area contributed by atoms with Crippen molar-refractivity contribution < 1.29 is 0 Å². The number of hydrogen-bond acceptors (Lipinski definition) is 2. The van der Waals surface area contributed by atoms with E-state index in [1.807, 2.05) is 18.2 Å². The third kappa shape index (κ3) is 1.90. The number of rotatable bonds is 2. The second kappa shape index (κ2) is 3.30. The van der Waals surface area contributed by atoms with Gasteiger partial charge in [-0.25, -0.2) is 4.98 Å².